The minimum absolute atomic E-state index is 0.00513. The molecule has 2 aromatic rings. The van der Waals surface area contributed by atoms with Crippen LogP contribution >= 0.6 is 0 Å². The van der Waals surface area contributed by atoms with Crippen molar-refractivity contribution in [3.63, 3.8) is 0 Å². The Morgan fingerprint density at radius 3 is 2.49 bits per heavy atom. The Balaban J connectivity index is 1.46. The first-order valence-electron chi connectivity index (χ1n) is 13.5. The van der Waals surface area contributed by atoms with Crippen LogP contribution in [-0.4, -0.2) is 80.0 Å². The van der Waals surface area contributed by atoms with Crippen molar-refractivity contribution in [2.45, 2.75) is 44.9 Å². The average Bonchev–Trinajstić information content (AvgIpc) is 3.39. The van der Waals surface area contributed by atoms with Crippen LogP contribution in [0.25, 0.3) is 0 Å². The number of H-pyrrole nitrogens is 1. The zero-order valence-corrected chi connectivity index (χ0v) is 22.4. The van der Waals surface area contributed by atoms with Gasteiger partial charge in [0, 0.05) is 57.6 Å². The number of nitrogens with one attached hydrogen (secondary N) is 2. The van der Waals surface area contributed by atoms with Crippen molar-refractivity contribution < 1.29 is 9.59 Å². The number of Topliss-reactive ketones (excluding diaryl/α,β-unsaturated/α-hetero) is 1. The second-order valence-corrected chi connectivity index (χ2v) is 10.9. The van der Waals surface area contributed by atoms with E-state index in [-0.39, 0.29) is 11.8 Å². The van der Waals surface area contributed by atoms with E-state index in [4.69, 9.17) is 5.26 Å². The molecule has 2 fully saturated rings. The standard InChI is InChI=1S/C29H40N6O2/c1-21-6-11-34(12-7-21)27-17-24(4-5-25(27)18-28(36)26-16-22(19-30)20-32-26)23-8-13-35(14-9-23)29(37)31-10-15-33(2)3/h4-5,16-17,20-21,23,32H,6-15,18H2,1-3H3,(H,31,37). The van der Waals surface area contributed by atoms with Gasteiger partial charge in [0.25, 0.3) is 0 Å². The zero-order chi connectivity index (χ0) is 26.4. The van der Waals surface area contributed by atoms with E-state index in [1.165, 1.54) is 5.56 Å². The maximum Gasteiger partial charge on any atom is 0.317 e. The number of hydrogen-bond acceptors (Lipinski definition) is 5. The minimum Gasteiger partial charge on any atom is -0.371 e. The lowest BCUT2D eigenvalue weighted by molar-refractivity contribution is 0.0989. The summed E-state index contributed by atoms with van der Waals surface area (Å²) in [6.07, 6.45) is 6.07. The smallest absolute Gasteiger partial charge is 0.317 e. The van der Waals surface area contributed by atoms with Crippen LogP contribution in [0.1, 0.15) is 65.7 Å². The number of amides is 2. The van der Waals surface area contributed by atoms with Crippen LogP contribution in [0.2, 0.25) is 0 Å². The third-order valence-electron chi connectivity index (χ3n) is 7.79. The molecule has 0 spiro atoms. The van der Waals surface area contributed by atoms with E-state index in [0.717, 1.165) is 75.6 Å². The van der Waals surface area contributed by atoms with Crippen LogP contribution in [0.4, 0.5) is 10.5 Å². The van der Waals surface area contributed by atoms with Gasteiger partial charge in [-0.2, -0.15) is 5.26 Å². The lowest BCUT2D eigenvalue weighted by Crippen LogP contribution is -2.45. The molecule has 0 unspecified atom stereocenters. The summed E-state index contributed by atoms with van der Waals surface area (Å²) in [4.78, 5) is 34.9. The van der Waals surface area contributed by atoms with Crippen LogP contribution < -0.4 is 10.2 Å². The number of likely N-dealkylation sites (tertiary alicyclic amines) is 1. The molecular formula is C29H40N6O2. The quantitative estimate of drug-likeness (QED) is 0.530. The Kier molecular flexibility index (Phi) is 8.88. The van der Waals surface area contributed by atoms with E-state index in [9.17, 15) is 9.59 Å². The molecule has 0 aliphatic carbocycles. The first-order chi connectivity index (χ1) is 17.8. The Hall–Kier alpha value is -3.31. The molecule has 1 aromatic carbocycles. The fraction of sp³-hybridized carbons (Fsp3) is 0.552. The highest BCUT2D eigenvalue weighted by Gasteiger charge is 2.26. The molecule has 0 atom stereocenters. The number of benzene rings is 1. The molecule has 3 heterocycles. The van der Waals surface area contributed by atoms with Crippen molar-refractivity contribution in [1.82, 2.24) is 20.1 Å². The summed E-state index contributed by atoms with van der Waals surface area (Å²) >= 11 is 0. The molecule has 1 aromatic heterocycles. The lowest BCUT2D eigenvalue weighted by atomic mass is 9.87. The summed E-state index contributed by atoms with van der Waals surface area (Å²) in [6.45, 7) is 7.30. The number of aromatic nitrogens is 1. The summed E-state index contributed by atoms with van der Waals surface area (Å²) in [7, 11) is 4.00. The van der Waals surface area contributed by atoms with Crippen LogP contribution in [0.3, 0.4) is 0 Å². The van der Waals surface area contributed by atoms with E-state index in [0.29, 0.717) is 30.1 Å². The van der Waals surface area contributed by atoms with Gasteiger partial charge < -0.3 is 25.0 Å². The molecule has 0 bridgehead atoms. The molecule has 8 nitrogen and oxygen atoms in total. The molecular weight excluding hydrogens is 464 g/mol. The summed E-state index contributed by atoms with van der Waals surface area (Å²) in [5, 5.41) is 12.1. The summed E-state index contributed by atoms with van der Waals surface area (Å²) < 4.78 is 0. The number of nitriles is 1. The third kappa shape index (κ3) is 6.92. The number of nitrogens with zero attached hydrogens (tertiary/aromatic N) is 4. The molecule has 4 rings (SSSR count). The zero-order valence-electron chi connectivity index (χ0n) is 22.4. The highest BCUT2D eigenvalue weighted by molar-refractivity contribution is 5.97. The number of ketones is 1. The van der Waals surface area contributed by atoms with E-state index in [1.807, 2.05) is 19.0 Å². The molecule has 0 saturated carbocycles. The second kappa shape index (κ2) is 12.3. The number of hydrogen-bond donors (Lipinski definition) is 2. The van der Waals surface area contributed by atoms with E-state index in [1.54, 1.807) is 12.3 Å². The number of aromatic amines is 1. The van der Waals surface area contributed by atoms with Gasteiger partial charge in [0.1, 0.15) is 6.07 Å². The van der Waals surface area contributed by atoms with Crippen molar-refractivity contribution >= 4 is 17.5 Å². The van der Waals surface area contributed by atoms with E-state index >= 15 is 0 Å². The van der Waals surface area contributed by atoms with E-state index in [2.05, 4.69) is 51.3 Å². The largest absolute Gasteiger partial charge is 0.371 e. The number of carbonyl (C=O) groups is 2. The van der Waals surface area contributed by atoms with Gasteiger partial charge >= 0.3 is 6.03 Å². The maximum atomic E-state index is 13.0. The molecule has 2 aliphatic heterocycles. The van der Waals surface area contributed by atoms with Gasteiger partial charge in [-0.1, -0.05) is 19.1 Å². The maximum absolute atomic E-state index is 13.0. The number of anilines is 1. The van der Waals surface area contributed by atoms with Crippen LogP contribution in [-0.2, 0) is 6.42 Å². The molecule has 198 valence electrons. The molecule has 8 heteroatoms. The van der Waals surface area contributed by atoms with Gasteiger partial charge in [-0.05, 0) is 74.9 Å². The summed E-state index contributed by atoms with van der Waals surface area (Å²) in [6, 6.07) is 10.3. The van der Waals surface area contributed by atoms with Gasteiger partial charge in [0.05, 0.1) is 11.3 Å². The SMILES string of the molecule is CC1CCN(c2cc(C3CCN(C(=O)NCCN(C)C)CC3)ccc2CC(=O)c2cc(C#N)c[nH]2)CC1. The molecule has 0 radical (unpaired) electrons. The first kappa shape index (κ1) is 26.7. The van der Waals surface area contributed by atoms with Crippen molar-refractivity contribution in [2.24, 2.45) is 5.92 Å². The monoisotopic (exact) mass is 504 g/mol. The second-order valence-electron chi connectivity index (χ2n) is 10.9. The van der Waals surface area contributed by atoms with Gasteiger partial charge in [-0.3, -0.25) is 4.79 Å². The molecule has 37 heavy (non-hydrogen) atoms. The number of piperidine rings is 2. The number of rotatable bonds is 8. The van der Waals surface area contributed by atoms with Crippen molar-refractivity contribution in [1.29, 1.82) is 5.26 Å². The molecule has 2 amide bonds. The third-order valence-corrected chi connectivity index (χ3v) is 7.79. The fourth-order valence-electron chi connectivity index (χ4n) is 5.33. The number of likely N-dealkylation sites (N-methyl/N-ethyl adjacent to an activating group) is 1. The average molecular weight is 505 g/mol. The van der Waals surface area contributed by atoms with Crippen molar-refractivity contribution in [2.75, 3.05) is 58.3 Å². The topological polar surface area (TPSA) is 95.5 Å². The van der Waals surface area contributed by atoms with Crippen molar-refractivity contribution in [3.8, 4) is 6.07 Å². The highest BCUT2D eigenvalue weighted by atomic mass is 16.2. The molecule has 2 N–H and O–H groups in total. The Morgan fingerprint density at radius 2 is 1.84 bits per heavy atom. The highest BCUT2D eigenvalue weighted by Crippen LogP contribution is 2.34. The number of carbonyl (C=O) groups excluding carboxylic acids is 2. The predicted octanol–water partition coefficient (Wildman–Crippen LogP) is 4.00. The fourth-order valence-corrected chi connectivity index (χ4v) is 5.33. The first-order valence-corrected chi connectivity index (χ1v) is 13.5. The molecule has 2 saturated heterocycles. The predicted molar refractivity (Wildman–Crippen MR) is 146 cm³/mol. The summed E-state index contributed by atoms with van der Waals surface area (Å²) in [5.74, 6) is 1.12. The molecule has 2 aliphatic rings. The summed E-state index contributed by atoms with van der Waals surface area (Å²) in [5.41, 5.74) is 4.45. The Bertz CT molecular complexity index is 1120. The van der Waals surface area contributed by atoms with Crippen LogP contribution in [0.15, 0.2) is 30.5 Å². The van der Waals surface area contributed by atoms with Gasteiger partial charge in [0.15, 0.2) is 5.78 Å². The lowest BCUT2D eigenvalue weighted by Gasteiger charge is -2.35. The van der Waals surface area contributed by atoms with Crippen molar-refractivity contribution in [3.05, 3.63) is 52.8 Å². The number of urea groups is 1. The van der Waals surface area contributed by atoms with Gasteiger partial charge in [0.2, 0.25) is 0 Å². The van der Waals surface area contributed by atoms with Crippen LogP contribution in [0.5, 0.6) is 0 Å². The van der Waals surface area contributed by atoms with Gasteiger partial charge in [-0.25, -0.2) is 4.79 Å². The minimum atomic E-state index is -0.00513. The van der Waals surface area contributed by atoms with Crippen LogP contribution in [0, 0.1) is 17.2 Å². The van der Waals surface area contributed by atoms with Gasteiger partial charge in [-0.15, -0.1) is 0 Å². The Morgan fingerprint density at radius 1 is 1.11 bits per heavy atom. The Labute approximate surface area is 220 Å². The normalized spacial score (nSPS) is 17.2. The van der Waals surface area contributed by atoms with E-state index < -0.39 is 0 Å².